The van der Waals surface area contributed by atoms with Gasteiger partial charge in [-0.3, -0.25) is 9.59 Å². The zero-order chi connectivity index (χ0) is 31.5. The molecule has 0 N–H and O–H groups in total. The number of amides is 1. The third kappa shape index (κ3) is 9.43. The molecule has 10 heteroatoms. The molecule has 0 spiro atoms. The van der Waals surface area contributed by atoms with Crippen LogP contribution < -0.4 is 9.47 Å². The number of esters is 2. The molecule has 2 aliphatic rings. The predicted molar refractivity (Wildman–Crippen MR) is 163 cm³/mol. The molecule has 0 atom stereocenters. The van der Waals surface area contributed by atoms with Gasteiger partial charge in [-0.2, -0.15) is 0 Å². The molecule has 240 valence electrons. The summed E-state index contributed by atoms with van der Waals surface area (Å²) in [5, 5.41) is 0. The number of piperidine rings is 1. The molecule has 0 radical (unpaired) electrons. The van der Waals surface area contributed by atoms with E-state index in [4.69, 9.17) is 28.4 Å². The maximum atomic E-state index is 13.5. The lowest BCUT2D eigenvalue weighted by molar-refractivity contribution is -0.224. The molecule has 44 heavy (non-hydrogen) atoms. The van der Waals surface area contributed by atoms with Crippen LogP contribution >= 0.6 is 0 Å². The molecule has 0 aliphatic carbocycles. The van der Waals surface area contributed by atoms with Crippen molar-refractivity contribution in [2.45, 2.75) is 58.7 Å². The van der Waals surface area contributed by atoms with Crippen LogP contribution in [0.3, 0.4) is 0 Å². The van der Waals surface area contributed by atoms with E-state index in [0.717, 1.165) is 37.0 Å². The lowest BCUT2D eigenvalue weighted by Gasteiger charge is -2.34. The van der Waals surface area contributed by atoms with Gasteiger partial charge >= 0.3 is 11.9 Å². The molecule has 2 fully saturated rings. The summed E-state index contributed by atoms with van der Waals surface area (Å²) in [5.41, 5.74) is 1.80. The van der Waals surface area contributed by atoms with Gasteiger partial charge in [-0.1, -0.05) is 26.0 Å². The third-order valence-corrected chi connectivity index (χ3v) is 7.91. The van der Waals surface area contributed by atoms with Crippen LogP contribution in [0.4, 0.5) is 0 Å². The third-order valence-electron chi connectivity index (χ3n) is 7.91. The van der Waals surface area contributed by atoms with Gasteiger partial charge in [0.25, 0.3) is 5.91 Å². The molecule has 0 saturated carbocycles. The van der Waals surface area contributed by atoms with Crippen LogP contribution in [0.2, 0.25) is 0 Å². The summed E-state index contributed by atoms with van der Waals surface area (Å²) in [6.45, 7) is 7.52. The Bertz CT molecular complexity index is 1240. The van der Waals surface area contributed by atoms with Gasteiger partial charge in [0.2, 0.25) is 0 Å². The van der Waals surface area contributed by atoms with E-state index in [2.05, 4.69) is 13.8 Å². The van der Waals surface area contributed by atoms with E-state index >= 15 is 0 Å². The van der Waals surface area contributed by atoms with Gasteiger partial charge in [0, 0.05) is 24.9 Å². The first-order valence-corrected chi connectivity index (χ1v) is 15.4. The number of nitrogens with zero attached hydrogens (tertiary/aromatic N) is 1. The number of hydrogen-bond donors (Lipinski definition) is 0. The fourth-order valence-corrected chi connectivity index (χ4v) is 5.27. The predicted octanol–water partition coefficient (Wildman–Crippen LogP) is 5.07. The Balaban J connectivity index is 1.23. The summed E-state index contributed by atoms with van der Waals surface area (Å²) in [6.07, 6.45) is 4.08. The monoisotopic (exact) mass is 611 g/mol. The first-order chi connectivity index (χ1) is 21.2. The van der Waals surface area contributed by atoms with E-state index in [9.17, 15) is 14.4 Å². The number of likely N-dealkylation sites (tertiary alicyclic amines) is 1. The van der Waals surface area contributed by atoms with Crippen molar-refractivity contribution in [1.29, 1.82) is 0 Å². The van der Waals surface area contributed by atoms with Crippen LogP contribution in [0.1, 0.15) is 72.2 Å². The topological polar surface area (TPSA) is 110 Å². The van der Waals surface area contributed by atoms with Crippen LogP contribution in [0.25, 0.3) is 0 Å². The van der Waals surface area contributed by atoms with Crippen molar-refractivity contribution < 1.29 is 42.8 Å². The quantitative estimate of drug-likeness (QED) is 0.227. The molecule has 2 heterocycles. The Morgan fingerprint density at radius 3 is 2.23 bits per heavy atom. The summed E-state index contributed by atoms with van der Waals surface area (Å²) >= 11 is 0. The average molecular weight is 612 g/mol. The molecular formula is C34H45NO9. The molecule has 0 unspecified atom stereocenters. The van der Waals surface area contributed by atoms with Crippen LogP contribution in [-0.2, 0) is 30.2 Å². The molecule has 2 saturated heterocycles. The normalized spacial score (nSPS) is 17.1. The zero-order valence-corrected chi connectivity index (χ0v) is 26.3. The molecule has 0 bridgehead atoms. The fraction of sp³-hybridized carbons (Fsp3) is 0.559. The van der Waals surface area contributed by atoms with Gasteiger partial charge in [-0.25, -0.2) is 4.79 Å². The Labute approximate surface area is 259 Å². The summed E-state index contributed by atoms with van der Waals surface area (Å²) < 4.78 is 33.2. The highest BCUT2D eigenvalue weighted by Crippen LogP contribution is 2.27. The molecular weight excluding hydrogens is 566 g/mol. The fourth-order valence-electron chi connectivity index (χ4n) is 5.27. The van der Waals surface area contributed by atoms with Crippen molar-refractivity contribution in [1.82, 2.24) is 4.90 Å². The van der Waals surface area contributed by atoms with Crippen molar-refractivity contribution in [3.63, 3.8) is 0 Å². The van der Waals surface area contributed by atoms with Crippen molar-refractivity contribution in [3.8, 4) is 11.5 Å². The van der Waals surface area contributed by atoms with Crippen LogP contribution in [0.5, 0.6) is 11.5 Å². The van der Waals surface area contributed by atoms with Gasteiger partial charge in [0.05, 0.1) is 57.7 Å². The highest BCUT2D eigenvalue weighted by atomic mass is 16.7. The number of rotatable bonds is 13. The van der Waals surface area contributed by atoms with Gasteiger partial charge in [0.15, 0.2) is 6.29 Å². The van der Waals surface area contributed by atoms with E-state index < -0.39 is 5.97 Å². The minimum atomic E-state index is -0.529. The van der Waals surface area contributed by atoms with Crippen LogP contribution in [-0.4, -0.2) is 82.8 Å². The molecule has 0 aromatic heterocycles. The Morgan fingerprint density at radius 1 is 0.886 bits per heavy atom. The van der Waals surface area contributed by atoms with Crippen molar-refractivity contribution in [2.24, 2.45) is 11.3 Å². The largest absolute Gasteiger partial charge is 0.494 e. The Kier molecular flexibility index (Phi) is 12.0. The maximum Gasteiger partial charge on any atom is 0.337 e. The second-order valence-electron chi connectivity index (χ2n) is 12.1. The summed E-state index contributed by atoms with van der Waals surface area (Å²) in [5.74, 6) is -0.0102. The zero-order valence-electron chi connectivity index (χ0n) is 26.3. The van der Waals surface area contributed by atoms with Crippen molar-refractivity contribution >= 4 is 17.8 Å². The second kappa shape index (κ2) is 15.9. The van der Waals surface area contributed by atoms with Crippen LogP contribution in [0, 0.1) is 11.3 Å². The Morgan fingerprint density at radius 2 is 1.57 bits per heavy atom. The summed E-state index contributed by atoms with van der Waals surface area (Å²) in [7, 11) is 2.67. The highest BCUT2D eigenvalue weighted by Gasteiger charge is 2.30. The van der Waals surface area contributed by atoms with Gasteiger partial charge < -0.3 is 33.3 Å². The number of carbonyl (C=O) groups excluding carboxylic acids is 3. The lowest BCUT2D eigenvalue weighted by Crippen LogP contribution is -2.40. The van der Waals surface area contributed by atoms with Crippen LogP contribution in [0.15, 0.2) is 42.5 Å². The molecule has 2 aromatic rings. The number of methoxy groups -OCH3 is 2. The SMILES string of the molecule is COC(=O)c1ccc(OCCCc2ccc(OCCCC3OCC(C)(C)CO3)cc2)c(C(=O)N2CCC(C(=O)OC)CC2)c1. The van der Waals surface area contributed by atoms with Gasteiger partial charge in [-0.05, 0) is 68.0 Å². The van der Waals surface area contributed by atoms with Crippen molar-refractivity contribution in [2.75, 3.05) is 53.7 Å². The molecule has 10 nitrogen and oxygen atoms in total. The minimum Gasteiger partial charge on any atom is -0.494 e. The molecule has 2 aliphatic heterocycles. The second-order valence-corrected chi connectivity index (χ2v) is 12.1. The standard InChI is InChI=1S/C34H45NO9/c1-34(2)22-43-30(44-23-34)8-6-19-41-27-12-9-24(10-13-27)7-5-20-42-29-14-11-26(33(38)40-4)21-28(29)31(36)35-17-15-25(16-18-35)32(37)39-3/h9-14,21,25,30H,5-8,15-20,22-23H2,1-4H3. The first-order valence-electron chi connectivity index (χ1n) is 15.4. The highest BCUT2D eigenvalue weighted by molar-refractivity contribution is 6.00. The number of benzene rings is 2. The average Bonchev–Trinajstić information content (AvgIpc) is 3.05. The number of hydrogen-bond acceptors (Lipinski definition) is 9. The smallest absolute Gasteiger partial charge is 0.337 e. The Hall–Kier alpha value is -3.63. The number of ether oxygens (including phenoxy) is 6. The van der Waals surface area contributed by atoms with E-state index in [1.54, 1.807) is 17.0 Å². The van der Waals surface area contributed by atoms with E-state index in [1.807, 2.05) is 24.3 Å². The molecule has 1 amide bonds. The van der Waals surface area contributed by atoms with Gasteiger partial charge in [-0.15, -0.1) is 0 Å². The van der Waals surface area contributed by atoms with Gasteiger partial charge in [0.1, 0.15) is 11.5 Å². The van der Waals surface area contributed by atoms with Crippen molar-refractivity contribution in [3.05, 3.63) is 59.2 Å². The summed E-state index contributed by atoms with van der Waals surface area (Å²) in [6, 6.07) is 12.8. The van der Waals surface area contributed by atoms with E-state index in [0.29, 0.717) is 63.7 Å². The maximum absolute atomic E-state index is 13.5. The van der Waals surface area contributed by atoms with E-state index in [-0.39, 0.29) is 35.1 Å². The minimum absolute atomic E-state index is 0.0760. The summed E-state index contributed by atoms with van der Waals surface area (Å²) in [4.78, 5) is 39.2. The van der Waals surface area contributed by atoms with E-state index in [1.165, 1.54) is 20.3 Å². The number of carbonyl (C=O) groups is 3. The number of aryl methyl sites for hydroxylation is 1. The lowest BCUT2D eigenvalue weighted by atomic mass is 9.95. The molecule has 4 rings (SSSR count). The first kappa shape index (κ1) is 33.3. The molecule has 2 aromatic carbocycles.